The van der Waals surface area contributed by atoms with Gasteiger partial charge in [0.15, 0.2) is 12.3 Å². The van der Waals surface area contributed by atoms with Gasteiger partial charge >= 0.3 is 37.4 Å². The molecule has 0 amide bonds. The van der Waals surface area contributed by atoms with Crippen molar-refractivity contribution in [3.8, 4) is 11.5 Å². The summed E-state index contributed by atoms with van der Waals surface area (Å²) < 4.78 is 62.8. The molecular weight excluding hydrogens is 858 g/mol. The van der Waals surface area contributed by atoms with Gasteiger partial charge in [0.1, 0.15) is 17.1 Å². The summed E-state index contributed by atoms with van der Waals surface area (Å²) in [5.41, 5.74) is -1.61. The molecule has 0 fully saturated rings. The van der Waals surface area contributed by atoms with Gasteiger partial charge in [-0.05, 0) is 63.4 Å². The monoisotopic (exact) mass is 897 g/mol. The van der Waals surface area contributed by atoms with E-state index in [2.05, 4.69) is 15.4 Å². The zero-order valence-corrected chi connectivity index (χ0v) is 34.0. The number of esters is 2. The molecule has 330 valence electrons. The SMILES string of the molecule is CCC(CC)Nc1c([N+](=O)[O-])cc(C)c(C)c1[N+](=O)[O-].CCOC(=O)COC(=O)c1cc(Oc2ccc(C(F)(F)F)cc2Cl)ccc1[N+](=O)[O-].O=C(O)CNCP(=O)(O)O. The number of carboxylic acid groups (broad SMARTS) is 1. The lowest BCUT2D eigenvalue weighted by atomic mass is 10.0. The molecule has 0 bridgehead atoms. The largest absolute Gasteiger partial charge is 0.480 e. The van der Waals surface area contributed by atoms with Gasteiger partial charge < -0.3 is 34.4 Å². The average Bonchev–Trinajstić information content (AvgIpc) is 3.14. The Bertz CT molecular complexity index is 2100. The number of hydrogen-bond donors (Lipinski definition) is 5. The highest BCUT2D eigenvalue weighted by Crippen LogP contribution is 2.40. The minimum Gasteiger partial charge on any atom is -0.480 e. The third-order valence-electron chi connectivity index (χ3n) is 7.60. The normalized spacial score (nSPS) is 10.9. The molecule has 0 aliphatic carbocycles. The number of nitro groups is 3. The number of hydrogen-bond acceptors (Lipinski definition) is 15. The van der Waals surface area contributed by atoms with Crippen LogP contribution in [0.1, 0.15) is 60.7 Å². The summed E-state index contributed by atoms with van der Waals surface area (Å²) in [5.74, 6) is -3.50. The second kappa shape index (κ2) is 23.6. The molecule has 5 N–H and O–H groups in total. The Morgan fingerprint density at radius 2 is 1.50 bits per heavy atom. The van der Waals surface area contributed by atoms with Crippen LogP contribution in [0.15, 0.2) is 42.5 Å². The van der Waals surface area contributed by atoms with Gasteiger partial charge in [0.2, 0.25) is 0 Å². The summed E-state index contributed by atoms with van der Waals surface area (Å²) in [6, 6.07) is 6.70. The number of aliphatic carboxylic acids is 1. The summed E-state index contributed by atoms with van der Waals surface area (Å²) in [4.78, 5) is 81.2. The molecule has 0 saturated heterocycles. The summed E-state index contributed by atoms with van der Waals surface area (Å²) in [5, 5.41) is 46.2. The number of nitro benzene ring substituents is 3. The van der Waals surface area contributed by atoms with Crippen LogP contribution < -0.4 is 15.4 Å². The van der Waals surface area contributed by atoms with Gasteiger partial charge in [0.25, 0.3) is 11.4 Å². The van der Waals surface area contributed by atoms with E-state index >= 15 is 0 Å². The van der Waals surface area contributed by atoms with E-state index in [1.54, 1.807) is 13.8 Å². The summed E-state index contributed by atoms with van der Waals surface area (Å²) in [7, 11) is -4.10. The molecule has 60 heavy (non-hydrogen) atoms. The van der Waals surface area contributed by atoms with Crippen LogP contribution in [0.25, 0.3) is 0 Å². The molecule has 21 nitrogen and oxygen atoms in total. The summed E-state index contributed by atoms with van der Waals surface area (Å²) >= 11 is 5.81. The topological polar surface area (TPSA) is 310 Å². The van der Waals surface area contributed by atoms with Crippen molar-refractivity contribution in [2.75, 3.05) is 31.4 Å². The van der Waals surface area contributed by atoms with Gasteiger partial charge in [-0.25, -0.2) is 9.59 Å². The van der Waals surface area contributed by atoms with Gasteiger partial charge in [0, 0.05) is 29.8 Å². The Balaban J connectivity index is 0.000000514. The van der Waals surface area contributed by atoms with Crippen molar-refractivity contribution in [1.29, 1.82) is 0 Å². The fraction of sp³-hybridized carbons (Fsp3) is 0.382. The molecule has 0 aromatic heterocycles. The van der Waals surface area contributed by atoms with Gasteiger partial charge in [0.05, 0.1) is 44.8 Å². The fourth-order valence-corrected chi connectivity index (χ4v) is 5.22. The van der Waals surface area contributed by atoms with Crippen molar-refractivity contribution in [3.63, 3.8) is 0 Å². The van der Waals surface area contributed by atoms with Crippen molar-refractivity contribution < 1.29 is 76.0 Å². The van der Waals surface area contributed by atoms with Crippen LogP contribution in [0.3, 0.4) is 0 Å². The van der Waals surface area contributed by atoms with E-state index in [1.807, 2.05) is 13.8 Å². The number of benzene rings is 3. The van der Waals surface area contributed by atoms with Crippen LogP contribution in [-0.4, -0.2) is 79.7 Å². The van der Waals surface area contributed by atoms with Crippen molar-refractivity contribution in [2.24, 2.45) is 0 Å². The molecule has 0 aliphatic heterocycles. The van der Waals surface area contributed by atoms with Crippen LogP contribution in [0.5, 0.6) is 11.5 Å². The Kier molecular flexibility index (Phi) is 20.5. The Labute approximate surface area is 343 Å². The van der Waals surface area contributed by atoms with Gasteiger partial charge in [-0.1, -0.05) is 25.4 Å². The van der Waals surface area contributed by atoms with Gasteiger partial charge in [-0.3, -0.25) is 45.0 Å². The third-order valence-corrected chi connectivity index (χ3v) is 8.53. The Hall–Kier alpha value is -5.94. The van der Waals surface area contributed by atoms with E-state index < -0.39 is 82.7 Å². The molecule has 26 heteroatoms. The molecule has 3 rings (SSSR count). The van der Waals surface area contributed by atoms with Crippen LogP contribution in [0, 0.1) is 44.2 Å². The maximum Gasteiger partial charge on any atom is 0.416 e. The number of nitrogens with zero attached hydrogens (tertiary/aromatic N) is 3. The number of alkyl halides is 3. The number of aryl methyl sites for hydroxylation is 1. The minimum absolute atomic E-state index is 0.0109. The van der Waals surface area contributed by atoms with Crippen LogP contribution in [0.4, 0.5) is 35.9 Å². The Morgan fingerprint density at radius 1 is 0.900 bits per heavy atom. The zero-order chi connectivity index (χ0) is 46.1. The predicted octanol–water partition coefficient (Wildman–Crippen LogP) is 7.30. The van der Waals surface area contributed by atoms with Gasteiger partial charge in [-0.2, -0.15) is 13.2 Å². The lowest BCUT2D eigenvalue weighted by Gasteiger charge is -2.17. The van der Waals surface area contributed by atoms with E-state index in [-0.39, 0.29) is 46.2 Å². The lowest BCUT2D eigenvalue weighted by Crippen LogP contribution is -2.23. The van der Waals surface area contributed by atoms with Crippen molar-refractivity contribution in [3.05, 3.63) is 100 Å². The highest BCUT2D eigenvalue weighted by atomic mass is 35.5. The van der Waals surface area contributed by atoms with E-state index in [1.165, 1.54) is 13.0 Å². The molecule has 0 aliphatic rings. The molecule has 0 atom stereocenters. The predicted molar refractivity (Wildman–Crippen MR) is 206 cm³/mol. The molecule has 0 heterocycles. The number of rotatable bonds is 17. The van der Waals surface area contributed by atoms with Crippen LogP contribution in [-0.2, 0) is 29.8 Å². The first-order valence-corrected chi connectivity index (χ1v) is 19.3. The average molecular weight is 898 g/mol. The number of halogens is 4. The first kappa shape index (κ1) is 52.1. The zero-order valence-electron chi connectivity index (χ0n) is 32.3. The van der Waals surface area contributed by atoms with Crippen molar-refractivity contribution in [2.45, 2.75) is 59.7 Å². The van der Waals surface area contributed by atoms with E-state index in [0.29, 0.717) is 17.2 Å². The lowest BCUT2D eigenvalue weighted by molar-refractivity contribution is -0.392. The minimum atomic E-state index is -4.61. The summed E-state index contributed by atoms with van der Waals surface area (Å²) in [6.45, 7) is 7.49. The summed E-state index contributed by atoms with van der Waals surface area (Å²) in [6.07, 6.45) is -3.74. The quantitative estimate of drug-likeness (QED) is 0.0384. The molecule has 0 unspecified atom stereocenters. The molecule has 0 radical (unpaired) electrons. The van der Waals surface area contributed by atoms with Crippen LogP contribution >= 0.6 is 19.2 Å². The molecule has 0 saturated carbocycles. The first-order valence-electron chi connectivity index (χ1n) is 17.1. The second-order valence-corrected chi connectivity index (χ2v) is 14.0. The number of ether oxygens (including phenoxy) is 3. The van der Waals surface area contributed by atoms with Crippen molar-refractivity contribution in [1.82, 2.24) is 5.32 Å². The number of carboxylic acids is 1. The maximum absolute atomic E-state index is 12.7. The highest BCUT2D eigenvalue weighted by Gasteiger charge is 2.32. The number of carbonyl (C=O) groups excluding carboxylic acids is 2. The third kappa shape index (κ3) is 17.1. The molecule has 3 aromatic carbocycles. The standard InChI is InChI=1S/C18H13ClF3NO7.C13H19N3O4.C3H8NO5P/c1-2-28-16(24)9-29-17(25)12-8-11(4-5-14(12)23(26)27)30-15-6-3-10(7-13(15)19)18(20,21)22;1-5-10(6-2)14-12-11(15(17)18)7-8(3)9(4)13(12)16(19)20;5-3(6)1-4-2-10(7,8)9/h3-8H,2,9H2,1H3;7,10,14H,5-6H2,1-4H3;4H,1-2H2,(H,5,6)(H2,7,8,9). The smallest absolute Gasteiger partial charge is 0.416 e. The van der Waals surface area contributed by atoms with E-state index in [0.717, 1.165) is 43.2 Å². The Morgan fingerprint density at radius 3 is 1.97 bits per heavy atom. The molecule has 0 spiro atoms. The van der Waals surface area contributed by atoms with E-state index in [4.69, 9.17) is 36.0 Å². The fourth-order valence-electron chi connectivity index (χ4n) is 4.59. The number of carbonyl (C=O) groups is 3. The van der Waals surface area contributed by atoms with E-state index in [9.17, 15) is 62.5 Å². The van der Waals surface area contributed by atoms with Crippen molar-refractivity contribution >= 4 is 59.9 Å². The molecular formula is C34H40ClF3N5O16P. The van der Waals surface area contributed by atoms with Crippen LogP contribution in [0.2, 0.25) is 5.02 Å². The van der Waals surface area contributed by atoms with Gasteiger partial charge in [-0.15, -0.1) is 0 Å². The maximum atomic E-state index is 12.7. The molecule has 3 aromatic rings. The second-order valence-electron chi connectivity index (χ2n) is 11.9. The highest BCUT2D eigenvalue weighted by molar-refractivity contribution is 7.51. The number of nitrogens with one attached hydrogen (secondary N) is 2. The number of anilines is 1. The first-order chi connectivity index (χ1) is 27.8.